The van der Waals surface area contributed by atoms with E-state index >= 15 is 0 Å². The molecule has 3 nitrogen and oxygen atoms in total. The minimum absolute atomic E-state index is 0.00850. The van der Waals surface area contributed by atoms with Crippen molar-refractivity contribution in [3.63, 3.8) is 0 Å². The van der Waals surface area contributed by atoms with E-state index in [1.807, 2.05) is 54.6 Å². The van der Waals surface area contributed by atoms with Gasteiger partial charge in [0.1, 0.15) is 23.7 Å². The third-order valence-electron chi connectivity index (χ3n) is 4.33. The first kappa shape index (κ1) is 12.0. The van der Waals surface area contributed by atoms with E-state index in [-0.39, 0.29) is 17.6 Å². The number of benzene rings is 2. The van der Waals surface area contributed by atoms with E-state index in [1.54, 1.807) is 6.07 Å². The average Bonchev–Trinajstić information content (AvgIpc) is 3.36. The predicted octanol–water partition coefficient (Wildman–Crippen LogP) is 4.10. The quantitative estimate of drug-likeness (QED) is 0.633. The molecule has 1 saturated heterocycles. The maximum atomic E-state index is 12.6. The van der Waals surface area contributed by atoms with Gasteiger partial charge in [0.25, 0.3) is 0 Å². The highest BCUT2D eigenvalue weighted by atomic mass is 16.6. The summed E-state index contributed by atoms with van der Waals surface area (Å²) in [5, 5.41) is 0. The number of fused-ring (bicyclic) bond motifs is 6. The third-order valence-corrected chi connectivity index (χ3v) is 4.33. The Morgan fingerprint density at radius 1 is 0.864 bits per heavy atom. The fourth-order valence-corrected chi connectivity index (χ4v) is 3.24. The Morgan fingerprint density at radius 2 is 1.64 bits per heavy atom. The summed E-state index contributed by atoms with van der Waals surface area (Å²) in [4.78, 5) is 12.6. The Bertz CT molecular complexity index is 940. The van der Waals surface area contributed by atoms with Crippen LogP contribution in [0.1, 0.15) is 23.3 Å². The molecule has 106 valence electrons. The molecule has 2 heterocycles. The second-order valence-electron chi connectivity index (χ2n) is 5.65. The van der Waals surface area contributed by atoms with Crippen LogP contribution in [0.4, 0.5) is 0 Å². The highest BCUT2D eigenvalue weighted by Crippen LogP contribution is 2.58. The molecule has 5 rings (SSSR count). The molecule has 2 unspecified atom stereocenters. The predicted molar refractivity (Wildman–Crippen MR) is 82.4 cm³/mol. The molecule has 0 amide bonds. The van der Waals surface area contributed by atoms with E-state index in [9.17, 15) is 4.79 Å². The first-order valence-corrected chi connectivity index (χ1v) is 7.31. The SMILES string of the molecule is O=c1cc(-c2ccccc2)oc2c1C1OC1c1ccccc1-2. The molecule has 3 heteroatoms. The van der Waals surface area contributed by atoms with Crippen LogP contribution in [0.3, 0.4) is 0 Å². The minimum atomic E-state index is -0.147. The Balaban J connectivity index is 1.80. The fourth-order valence-electron chi connectivity index (χ4n) is 3.24. The van der Waals surface area contributed by atoms with Crippen LogP contribution in [0.5, 0.6) is 0 Å². The Morgan fingerprint density at radius 3 is 2.50 bits per heavy atom. The summed E-state index contributed by atoms with van der Waals surface area (Å²) >= 11 is 0. The maximum absolute atomic E-state index is 12.6. The second-order valence-corrected chi connectivity index (χ2v) is 5.65. The molecule has 22 heavy (non-hydrogen) atoms. The molecular formula is C19H12O3. The van der Waals surface area contributed by atoms with Crippen molar-refractivity contribution >= 4 is 0 Å². The standard InChI is InChI=1S/C19H12O3/c20-14-10-15(11-6-2-1-3-7-11)21-17-12-8-4-5-9-13(12)18-19(22-18)16(14)17/h1-10,18-19H. The van der Waals surface area contributed by atoms with Gasteiger partial charge in [-0.05, 0) is 5.56 Å². The van der Waals surface area contributed by atoms with Gasteiger partial charge < -0.3 is 9.15 Å². The molecule has 0 spiro atoms. The summed E-state index contributed by atoms with van der Waals surface area (Å²) in [5.74, 6) is 1.25. The fraction of sp³-hybridized carbons (Fsp3) is 0.105. The van der Waals surface area contributed by atoms with Crippen molar-refractivity contribution in [3.05, 3.63) is 82.0 Å². The molecule has 1 aliphatic heterocycles. The van der Waals surface area contributed by atoms with E-state index < -0.39 is 0 Å². The normalized spacial score (nSPS) is 20.7. The number of hydrogen-bond donors (Lipinski definition) is 0. The zero-order chi connectivity index (χ0) is 14.7. The lowest BCUT2D eigenvalue weighted by molar-refractivity contribution is 0.378. The number of hydrogen-bond acceptors (Lipinski definition) is 3. The Labute approximate surface area is 126 Å². The smallest absolute Gasteiger partial charge is 0.192 e. The van der Waals surface area contributed by atoms with Gasteiger partial charge in [-0.15, -0.1) is 0 Å². The van der Waals surface area contributed by atoms with Gasteiger partial charge in [0.2, 0.25) is 0 Å². The molecule has 2 atom stereocenters. The van der Waals surface area contributed by atoms with E-state index in [0.717, 1.165) is 16.7 Å². The van der Waals surface area contributed by atoms with Crippen molar-refractivity contribution in [1.29, 1.82) is 0 Å². The van der Waals surface area contributed by atoms with E-state index in [4.69, 9.17) is 9.15 Å². The first-order chi connectivity index (χ1) is 10.8. The van der Waals surface area contributed by atoms with Crippen molar-refractivity contribution in [2.75, 3.05) is 0 Å². The minimum Gasteiger partial charge on any atom is -0.455 e. The van der Waals surface area contributed by atoms with Crippen molar-refractivity contribution in [2.45, 2.75) is 12.2 Å². The van der Waals surface area contributed by atoms with Gasteiger partial charge in [0, 0.05) is 17.2 Å². The summed E-state index contributed by atoms with van der Waals surface area (Å²) in [6.07, 6.45) is -0.139. The zero-order valence-corrected chi connectivity index (χ0v) is 11.7. The Hall–Kier alpha value is -2.65. The largest absolute Gasteiger partial charge is 0.455 e. The van der Waals surface area contributed by atoms with Crippen LogP contribution < -0.4 is 5.43 Å². The molecular weight excluding hydrogens is 276 g/mol. The second kappa shape index (κ2) is 4.18. The van der Waals surface area contributed by atoms with Crippen LogP contribution in [0.25, 0.3) is 22.6 Å². The van der Waals surface area contributed by atoms with Gasteiger partial charge in [0.05, 0.1) is 5.56 Å². The van der Waals surface area contributed by atoms with Crippen LogP contribution >= 0.6 is 0 Å². The van der Waals surface area contributed by atoms with Crippen molar-refractivity contribution in [2.24, 2.45) is 0 Å². The first-order valence-electron chi connectivity index (χ1n) is 7.31. The molecule has 0 N–H and O–H groups in total. The topological polar surface area (TPSA) is 42.7 Å². The van der Waals surface area contributed by atoms with Gasteiger partial charge in [-0.25, -0.2) is 0 Å². The highest BCUT2D eigenvalue weighted by molar-refractivity contribution is 5.73. The van der Waals surface area contributed by atoms with Crippen molar-refractivity contribution in [1.82, 2.24) is 0 Å². The third kappa shape index (κ3) is 1.57. The van der Waals surface area contributed by atoms with Crippen LogP contribution in [0.15, 0.2) is 69.9 Å². The van der Waals surface area contributed by atoms with E-state index in [1.165, 1.54) is 0 Å². The van der Waals surface area contributed by atoms with Crippen molar-refractivity contribution < 1.29 is 9.15 Å². The van der Waals surface area contributed by atoms with Gasteiger partial charge in [-0.1, -0.05) is 54.6 Å². The number of ether oxygens (including phenoxy) is 1. The van der Waals surface area contributed by atoms with Crippen LogP contribution in [-0.2, 0) is 4.74 Å². The van der Waals surface area contributed by atoms with Gasteiger partial charge in [-0.2, -0.15) is 0 Å². The molecule has 1 fully saturated rings. The summed E-state index contributed by atoms with van der Waals surface area (Å²) in [7, 11) is 0. The van der Waals surface area contributed by atoms with Gasteiger partial charge in [0.15, 0.2) is 5.43 Å². The molecule has 3 aromatic rings. The van der Waals surface area contributed by atoms with Crippen LogP contribution in [0.2, 0.25) is 0 Å². The highest BCUT2D eigenvalue weighted by Gasteiger charge is 2.50. The van der Waals surface area contributed by atoms with Crippen molar-refractivity contribution in [3.8, 4) is 22.6 Å². The summed E-state index contributed by atoms with van der Waals surface area (Å²) in [6.45, 7) is 0. The summed E-state index contributed by atoms with van der Waals surface area (Å²) in [6, 6.07) is 19.2. The van der Waals surface area contributed by atoms with Crippen LogP contribution in [0, 0.1) is 0 Å². The summed E-state index contributed by atoms with van der Waals surface area (Å²) in [5.41, 5.74) is 3.61. The Kier molecular flexibility index (Phi) is 2.27. The molecule has 0 saturated carbocycles. The molecule has 2 aromatic carbocycles. The summed E-state index contributed by atoms with van der Waals surface area (Å²) < 4.78 is 11.8. The monoisotopic (exact) mass is 288 g/mol. The van der Waals surface area contributed by atoms with Gasteiger partial charge >= 0.3 is 0 Å². The van der Waals surface area contributed by atoms with Gasteiger partial charge in [-0.3, -0.25) is 4.79 Å². The molecule has 2 aliphatic rings. The lowest BCUT2D eigenvalue weighted by atomic mass is 9.89. The lowest BCUT2D eigenvalue weighted by Crippen LogP contribution is -2.12. The molecule has 1 aromatic heterocycles. The zero-order valence-electron chi connectivity index (χ0n) is 11.7. The molecule has 1 aliphatic carbocycles. The number of epoxide rings is 1. The number of rotatable bonds is 1. The lowest BCUT2D eigenvalue weighted by Gasteiger charge is -2.15. The van der Waals surface area contributed by atoms with Crippen LogP contribution in [-0.4, -0.2) is 0 Å². The molecule has 0 radical (unpaired) electrons. The van der Waals surface area contributed by atoms with E-state index in [0.29, 0.717) is 17.1 Å². The average molecular weight is 288 g/mol. The van der Waals surface area contributed by atoms with E-state index in [2.05, 4.69) is 0 Å². The molecule has 0 bridgehead atoms. The maximum Gasteiger partial charge on any atom is 0.192 e.